The van der Waals surface area contributed by atoms with E-state index in [1.54, 1.807) is 19.2 Å². The average molecular weight is 372 g/mol. The van der Waals surface area contributed by atoms with Crippen LogP contribution in [-0.4, -0.2) is 27.0 Å². The summed E-state index contributed by atoms with van der Waals surface area (Å²) in [5, 5.41) is 5.87. The van der Waals surface area contributed by atoms with Crippen LogP contribution >= 0.6 is 0 Å². The molecule has 0 radical (unpaired) electrons. The number of amides is 1. The number of nitrogens with one attached hydrogen (secondary N) is 2. The van der Waals surface area contributed by atoms with Gasteiger partial charge in [-0.05, 0) is 31.4 Å². The van der Waals surface area contributed by atoms with Crippen LogP contribution in [0.25, 0.3) is 5.69 Å². The molecule has 0 aliphatic rings. The van der Waals surface area contributed by atoms with E-state index in [1.165, 1.54) is 11.5 Å². The van der Waals surface area contributed by atoms with E-state index in [1.807, 2.05) is 6.92 Å². The fraction of sp³-hybridized carbons (Fsp3) is 0.474. The van der Waals surface area contributed by atoms with Crippen LogP contribution in [0, 0.1) is 19.8 Å². The lowest BCUT2D eigenvalue weighted by Crippen LogP contribution is -2.28. The number of rotatable bonds is 7. The van der Waals surface area contributed by atoms with Gasteiger partial charge in [0.25, 0.3) is 5.56 Å². The van der Waals surface area contributed by atoms with Gasteiger partial charge in [-0.3, -0.25) is 14.2 Å². The highest BCUT2D eigenvalue weighted by Crippen LogP contribution is 2.20. The van der Waals surface area contributed by atoms with E-state index in [2.05, 4.69) is 34.4 Å². The highest BCUT2D eigenvalue weighted by molar-refractivity contribution is 5.73. The summed E-state index contributed by atoms with van der Waals surface area (Å²) in [6.45, 7) is 10.3. The summed E-state index contributed by atoms with van der Waals surface area (Å²) in [5.41, 5.74) is 8.47. The average Bonchev–Trinajstić information content (AvgIpc) is 2.61. The van der Waals surface area contributed by atoms with Crippen LogP contribution in [0.4, 0.5) is 11.6 Å². The Morgan fingerprint density at radius 2 is 2.07 bits per heavy atom. The molecule has 1 amide bonds. The van der Waals surface area contributed by atoms with Gasteiger partial charge in [0.1, 0.15) is 5.82 Å². The minimum absolute atomic E-state index is 0.137. The van der Waals surface area contributed by atoms with Crippen molar-refractivity contribution in [1.29, 1.82) is 0 Å². The summed E-state index contributed by atoms with van der Waals surface area (Å²) >= 11 is 0. The molecule has 2 aromatic heterocycles. The van der Waals surface area contributed by atoms with Crippen molar-refractivity contribution in [3.8, 4) is 5.69 Å². The van der Waals surface area contributed by atoms with Gasteiger partial charge in [-0.15, -0.1) is 0 Å². The zero-order valence-corrected chi connectivity index (χ0v) is 16.6. The van der Waals surface area contributed by atoms with E-state index in [9.17, 15) is 9.59 Å². The predicted octanol–water partition coefficient (Wildman–Crippen LogP) is 1.92. The van der Waals surface area contributed by atoms with E-state index in [0.717, 1.165) is 12.0 Å². The van der Waals surface area contributed by atoms with Gasteiger partial charge in [0.15, 0.2) is 5.82 Å². The van der Waals surface area contributed by atoms with Gasteiger partial charge in [-0.1, -0.05) is 20.3 Å². The van der Waals surface area contributed by atoms with Crippen molar-refractivity contribution in [2.75, 3.05) is 17.6 Å². The second kappa shape index (κ2) is 8.66. The fourth-order valence-corrected chi connectivity index (χ4v) is 2.60. The van der Waals surface area contributed by atoms with Gasteiger partial charge in [-0.25, -0.2) is 9.97 Å². The van der Waals surface area contributed by atoms with Crippen molar-refractivity contribution in [3.63, 3.8) is 0 Å². The van der Waals surface area contributed by atoms with E-state index in [4.69, 9.17) is 5.73 Å². The number of aryl methyl sites for hydroxylation is 2. The molecule has 2 aromatic rings. The van der Waals surface area contributed by atoms with Crippen LogP contribution in [0.2, 0.25) is 0 Å². The molecule has 0 aliphatic carbocycles. The molecule has 0 bridgehead atoms. The summed E-state index contributed by atoms with van der Waals surface area (Å²) in [4.78, 5) is 32.8. The maximum atomic E-state index is 13.0. The first-order chi connectivity index (χ1) is 12.7. The summed E-state index contributed by atoms with van der Waals surface area (Å²) in [7, 11) is 0. The van der Waals surface area contributed by atoms with Crippen molar-refractivity contribution in [2.24, 2.45) is 5.92 Å². The Hall–Kier alpha value is -2.90. The predicted molar refractivity (Wildman–Crippen MR) is 107 cm³/mol. The van der Waals surface area contributed by atoms with E-state index < -0.39 is 0 Å². The number of nitrogen functional groups attached to an aromatic ring is 1. The van der Waals surface area contributed by atoms with Gasteiger partial charge in [0, 0.05) is 37.6 Å². The van der Waals surface area contributed by atoms with E-state index >= 15 is 0 Å². The van der Waals surface area contributed by atoms with Crippen molar-refractivity contribution in [1.82, 2.24) is 19.9 Å². The molecule has 0 fully saturated rings. The highest BCUT2D eigenvalue weighted by Gasteiger charge is 2.15. The quantitative estimate of drug-likeness (QED) is 0.684. The second-order valence-electron chi connectivity index (χ2n) is 6.83. The van der Waals surface area contributed by atoms with Crippen LogP contribution in [0.1, 0.15) is 44.1 Å². The number of hydrogen-bond acceptors (Lipinski definition) is 6. The largest absolute Gasteiger partial charge is 0.382 e. The Morgan fingerprint density at radius 1 is 1.37 bits per heavy atom. The van der Waals surface area contributed by atoms with E-state index in [0.29, 0.717) is 36.1 Å². The first kappa shape index (κ1) is 20.4. The minimum Gasteiger partial charge on any atom is -0.382 e. The monoisotopic (exact) mass is 372 g/mol. The maximum Gasteiger partial charge on any atom is 0.298 e. The Balaban J connectivity index is 2.49. The van der Waals surface area contributed by atoms with Gasteiger partial charge < -0.3 is 16.4 Å². The summed E-state index contributed by atoms with van der Waals surface area (Å²) in [6, 6.07) is 1.79. The molecule has 27 heavy (non-hydrogen) atoms. The van der Waals surface area contributed by atoms with Gasteiger partial charge >= 0.3 is 0 Å². The number of nitrogens with two attached hydrogens (primary N) is 1. The minimum atomic E-state index is -0.277. The summed E-state index contributed by atoms with van der Waals surface area (Å²) in [6.07, 6.45) is 2.64. The topological polar surface area (TPSA) is 115 Å². The number of pyridine rings is 1. The van der Waals surface area contributed by atoms with Crippen molar-refractivity contribution in [2.45, 2.75) is 47.6 Å². The summed E-state index contributed by atoms with van der Waals surface area (Å²) in [5.74, 6) is 0.825. The molecular weight excluding hydrogens is 344 g/mol. The third-order valence-corrected chi connectivity index (χ3v) is 4.55. The smallest absolute Gasteiger partial charge is 0.298 e. The molecule has 146 valence electrons. The third kappa shape index (κ3) is 4.84. The molecule has 0 aromatic carbocycles. The van der Waals surface area contributed by atoms with Crippen LogP contribution in [0.3, 0.4) is 0 Å². The molecule has 0 saturated heterocycles. The Labute approximate surface area is 159 Å². The first-order valence-corrected chi connectivity index (χ1v) is 9.07. The zero-order valence-electron chi connectivity index (χ0n) is 16.6. The Morgan fingerprint density at radius 3 is 2.70 bits per heavy atom. The molecule has 8 heteroatoms. The fourth-order valence-electron chi connectivity index (χ4n) is 2.60. The molecular formula is C19H28N6O2. The lowest BCUT2D eigenvalue weighted by atomic mass is 10.1. The highest BCUT2D eigenvalue weighted by atomic mass is 16.1. The molecule has 0 saturated carbocycles. The molecule has 4 N–H and O–H groups in total. The van der Waals surface area contributed by atoms with E-state index in [-0.39, 0.29) is 23.1 Å². The van der Waals surface area contributed by atoms with Crippen LogP contribution < -0.4 is 21.9 Å². The van der Waals surface area contributed by atoms with Crippen molar-refractivity contribution in [3.05, 3.63) is 39.6 Å². The lowest BCUT2D eigenvalue weighted by molar-refractivity contribution is -0.119. The first-order valence-electron chi connectivity index (χ1n) is 9.07. The molecule has 2 rings (SSSR count). The maximum absolute atomic E-state index is 13.0. The third-order valence-electron chi connectivity index (χ3n) is 4.55. The second-order valence-corrected chi connectivity index (χ2v) is 6.83. The number of carbonyl (C=O) groups excluding carboxylic acids is 1. The molecule has 8 nitrogen and oxygen atoms in total. The van der Waals surface area contributed by atoms with Crippen molar-refractivity contribution >= 4 is 17.5 Å². The molecule has 2 heterocycles. The van der Waals surface area contributed by atoms with Gasteiger partial charge in [0.05, 0.1) is 5.69 Å². The number of anilines is 2. The van der Waals surface area contributed by atoms with Crippen LogP contribution in [-0.2, 0) is 11.3 Å². The number of aromatic nitrogens is 3. The molecule has 0 aliphatic heterocycles. The number of hydrogen-bond donors (Lipinski definition) is 3. The molecule has 0 unspecified atom stereocenters. The Bertz CT molecular complexity index is 890. The molecule has 1 atom stereocenters. The van der Waals surface area contributed by atoms with Crippen molar-refractivity contribution < 1.29 is 4.79 Å². The zero-order chi connectivity index (χ0) is 20.1. The van der Waals surface area contributed by atoms with Crippen LogP contribution in [0.5, 0.6) is 0 Å². The van der Waals surface area contributed by atoms with Gasteiger partial charge in [-0.2, -0.15) is 0 Å². The summed E-state index contributed by atoms with van der Waals surface area (Å²) < 4.78 is 1.50. The van der Waals surface area contributed by atoms with Crippen LogP contribution in [0.15, 0.2) is 17.1 Å². The Kier molecular flexibility index (Phi) is 6.55. The SMILES string of the molecule is CC[C@H](C)CNc1ncc(C)n(-c2cc(CNC(C)=O)c(C)nc2N)c1=O. The normalized spacial score (nSPS) is 11.9. The van der Waals surface area contributed by atoms with Gasteiger partial charge in [0.2, 0.25) is 5.91 Å². The number of carbonyl (C=O) groups is 1. The lowest BCUT2D eigenvalue weighted by Gasteiger charge is -2.17. The number of nitrogens with zero attached hydrogens (tertiary/aromatic N) is 3. The molecule has 0 spiro atoms. The standard InChI is InChI=1S/C19H28N6O2/c1-6-11(2)8-22-18-19(27)25(12(3)9-23-18)16-7-15(10-21-14(5)26)13(4)24-17(16)20/h7,9,11H,6,8,10H2,1-5H3,(H2,20,24)(H,21,26)(H,22,23)/t11-/m0/s1.